The van der Waals surface area contributed by atoms with Crippen LogP contribution in [0.3, 0.4) is 0 Å². The average molecular weight is 443 g/mol. The first-order valence-electron chi connectivity index (χ1n) is 8.80. The number of nitrogens with one attached hydrogen (secondary N) is 2. The van der Waals surface area contributed by atoms with E-state index in [1.165, 1.54) is 36.9 Å². The quantitative estimate of drug-likeness (QED) is 0.713. The number of anilines is 1. The average Bonchev–Trinajstić information content (AvgIpc) is 2.89. The molecule has 1 atom stereocenters. The number of carbonyl (C=O) groups is 1. The highest BCUT2D eigenvalue weighted by Gasteiger charge is 2.35. The summed E-state index contributed by atoms with van der Waals surface area (Å²) >= 11 is 0. The molecule has 0 spiro atoms. The fourth-order valence-corrected chi connectivity index (χ4v) is 4.53. The number of hydrogen-bond donors (Lipinski definition) is 2. The minimum Gasteiger partial charge on any atom is -0.488 e. The van der Waals surface area contributed by atoms with Crippen LogP contribution in [0.1, 0.15) is 28.5 Å². The molecule has 0 radical (unpaired) electrons. The molecule has 1 amide bonds. The monoisotopic (exact) mass is 443 g/mol. The van der Waals surface area contributed by atoms with E-state index in [-0.39, 0.29) is 34.2 Å². The van der Waals surface area contributed by atoms with Crippen molar-refractivity contribution in [3.05, 3.63) is 53.4 Å². The molecule has 2 N–H and O–H groups in total. The third kappa shape index (κ3) is 4.08. The van der Waals surface area contributed by atoms with Crippen LogP contribution in [0.25, 0.3) is 0 Å². The standard InChI is InChI=1S/C19H20F3N3O4S/c1-10(2)14-9-29-17-15(30(27,28)24-14)8-25(4)16(17)18(26)23-12-6-5-11(3)13(7-12)19(20,21)22/h5-8,14,24H,1,9H2,2-4H3,(H,23,26). The molecule has 7 nitrogen and oxygen atoms in total. The summed E-state index contributed by atoms with van der Waals surface area (Å²) in [6.45, 7) is 6.58. The van der Waals surface area contributed by atoms with Gasteiger partial charge in [-0.25, -0.2) is 13.1 Å². The smallest absolute Gasteiger partial charge is 0.416 e. The summed E-state index contributed by atoms with van der Waals surface area (Å²) in [4.78, 5) is 12.6. The van der Waals surface area contributed by atoms with Crippen LogP contribution in [0, 0.1) is 6.92 Å². The summed E-state index contributed by atoms with van der Waals surface area (Å²) in [7, 11) is -2.56. The van der Waals surface area contributed by atoms with Gasteiger partial charge in [0.25, 0.3) is 5.91 Å². The second-order valence-electron chi connectivity index (χ2n) is 7.09. The Labute approximate surface area is 171 Å². The van der Waals surface area contributed by atoms with Crippen molar-refractivity contribution in [3.63, 3.8) is 0 Å². The normalized spacial score (nSPS) is 18.1. The summed E-state index contributed by atoms with van der Waals surface area (Å²) in [5.41, 5.74) is -0.550. The minimum absolute atomic E-state index is 0.0135. The first-order chi connectivity index (χ1) is 13.8. The van der Waals surface area contributed by atoms with E-state index in [1.807, 2.05) is 0 Å². The van der Waals surface area contributed by atoms with Crippen molar-refractivity contribution in [1.82, 2.24) is 9.29 Å². The molecule has 0 bridgehead atoms. The lowest BCUT2D eigenvalue weighted by molar-refractivity contribution is -0.138. The summed E-state index contributed by atoms with van der Waals surface area (Å²) in [6, 6.07) is 2.72. The molecule has 0 saturated heterocycles. The van der Waals surface area contributed by atoms with Crippen LogP contribution >= 0.6 is 0 Å². The third-order valence-electron chi connectivity index (χ3n) is 4.69. The molecule has 1 aromatic heterocycles. The van der Waals surface area contributed by atoms with Crippen molar-refractivity contribution in [3.8, 4) is 5.75 Å². The van der Waals surface area contributed by atoms with Gasteiger partial charge in [0.2, 0.25) is 10.0 Å². The first kappa shape index (κ1) is 21.9. The predicted octanol–water partition coefficient (Wildman–Crippen LogP) is 3.22. The Bertz CT molecular complexity index is 1140. The Balaban J connectivity index is 1.98. The Morgan fingerprint density at radius 2 is 2.03 bits per heavy atom. The van der Waals surface area contributed by atoms with Gasteiger partial charge in [-0.2, -0.15) is 13.2 Å². The maximum Gasteiger partial charge on any atom is 0.416 e. The largest absolute Gasteiger partial charge is 0.488 e. The second kappa shape index (κ2) is 7.47. The highest BCUT2D eigenvalue weighted by Crippen LogP contribution is 2.35. The van der Waals surface area contributed by atoms with Crippen LogP contribution in [0.2, 0.25) is 0 Å². The van der Waals surface area contributed by atoms with Gasteiger partial charge >= 0.3 is 6.18 Å². The van der Waals surface area contributed by atoms with E-state index in [4.69, 9.17) is 4.74 Å². The van der Waals surface area contributed by atoms with Crippen LogP contribution in [-0.4, -0.2) is 31.5 Å². The van der Waals surface area contributed by atoms with Gasteiger partial charge in [0.1, 0.15) is 11.5 Å². The van der Waals surface area contributed by atoms with Gasteiger partial charge in [0.15, 0.2) is 11.4 Å². The van der Waals surface area contributed by atoms with Gasteiger partial charge in [0.05, 0.1) is 11.6 Å². The molecule has 2 aromatic rings. The summed E-state index contributed by atoms with van der Waals surface area (Å²) in [5.74, 6) is -0.978. The van der Waals surface area contributed by atoms with Gasteiger partial charge in [-0.05, 0) is 31.5 Å². The number of ether oxygens (including phenoxy) is 1. The number of hydrogen-bond acceptors (Lipinski definition) is 4. The molecule has 1 aliphatic rings. The van der Waals surface area contributed by atoms with Crippen LogP contribution in [-0.2, 0) is 23.2 Å². The fraction of sp³-hybridized carbons (Fsp3) is 0.316. The number of halogens is 3. The van der Waals surface area contributed by atoms with E-state index >= 15 is 0 Å². The maximum absolute atomic E-state index is 13.1. The molecular formula is C19H20F3N3O4S. The van der Waals surface area contributed by atoms with Gasteiger partial charge < -0.3 is 14.6 Å². The number of nitrogens with zero attached hydrogens (tertiary/aromatic N) is 1. The van der Waals surface area contributed by atoms with E-state index < -0.39 is 33.7 Å². The van der Waals surface area contributed by atoms with Crippen molar-refractivity contribution in [2.75, 3.05) is 11.9 Å². The van der Waals surface area contributed by atoms with E-state index in [9.17, 15) is 26.4 Å². The lowest BCUT2D eigenvalue weighted by Gasteiger charge is -2.15. The van der Waals surface area contributed by atoms with Crippen molar-refractivity contribution >= 4 is 21.6 Å². The highest BCUT2D eigenvalue weighted by atomic mass is 32.2. The van der Waals surface area contributed by atoms with Crippen molar-refractivity contribution in [2.45, 2.75) is 31.0 Å². The lowest BCUT2D eigenvalue weighted by atomic mass is 10.1. The molecule has 162 valence electrons. The van der Waals surface area contributed by atoms with Gasteiger partial charge in [0, 0.05) is 18.9 Å². The van der Waals surface area contributed by atoms with Crippen LogP contribution in [0.5, 0.6) is 5.75 Å². The van der Waals surface area contributed by atoms with Crippen LogP contribution in [0.4, 0.5) is 18.9 Å². The summed E-state index contributed by atoms with van der Waals surface area (Å²) < 4.78 is 74.0. The number of aryl methyl sites for hydroxylation is 2. The molecule has 0 fully saturated rings. The van der Waals surface area contributed by atoms with E-state index in [1.54, 1.807) is 6.92 Å². The number of benzene rings is 1. The van der Waals surface area contributed by atoms with E-state index in [0.717, 1.165) is 6.07 Å². The maximum atomic E-state index is 13.1. The molecule has 0 aliphatic carbocycles. The topological polar surface area (TPSA) is 89.4 Å². The second-order valence-corrected chi connectivity index (χ2v) is 8.78. The van der Waals surface area contributed by atoms with Crippen molar-refractivity contribution < 1.29 is 31.1 Å². The minimum atomic E-state index is -4.58. The fourth-order valence-electron chi connectivity index (χ4n) is 3.06. The molecule has 1 unspecified atom stereocenters. The van der Waals surface area contributed by atoms with Gasteiger partial charge in [-0.3, -0.25) is 4.79 Å². The zero-order valence-electron chi connectivity index (χ0n) is 16.4. The molecule has 1 aromatic carbocycles. The molecule has 2 heterocycles. The van der Waals surface area contributed by atoms with Gasteiger partial charge in [-0.1, -0.05) is 18.2 Å². The number of aromatic nitrogens is 1. The summed E-state index contributed by atoms with van der Waals surface area (Å²) in [6.07, 6.45) is -3.36. The molecule has 0 saturated carbocycles. The SMILES string of the molecule is C=C(C)C1COc2c(cn(C)c2C(=O)Nc2ccc(C)c(C(F)(F)F)c2)S(=O)(=O)N1. The zero-order chi connectivity index (χ0) is 22.4. The Hall–Kier alpha value is -2.79. The van der Waals surface area contributed by atoms with Gasteiger partial charge in [-0.15, -0.1) is 0 Å². The van der Waals surface area contributed by atoms with Crippen molar-refractivity contribution in [2.24, 2.45) is 7.05 Å². The Morgan fingerprint density at radius 1 is 1.37 bits per heavy atom. The Kier molecular flexibility index (Phi) is 5.46. The molecule has 11 heteroatoms. The number of sulfonamides is 1. The first-order valence-corrected chi connectivity index (χ1v) is 10.3. The lowest BCUT2D eigenvalue weighted by Crippen LogP contribution is -2.37. The van der Waals surface area contributed by atoms with E-state index in [2.05, 4.69) is 16.6 Å². The van der Waals surface area contributed by atoms with Crippen LogP contribution in [0.15, 0.2) is 41.4 Å². The molecular weight excluding hydrogens is 423 g/mol. The molecule has 1 aliphatic heterocycles. The third-order valence-corrected chi connectivity index (χ3v) is 6.16. The highest BCUT2D eigenvalue weighted by molar-refractivity contribution is 7.89. The number of fused-ring (bicyclic) bond motifs is 1. The van der Waals surface area contributed by atoms with E-state index in [0.29, 0.717) is 5.57 Å². The summed E-state index contributed by atoms with van der Waals surface area (Å²) in [5, 5.41) is 2.38. The number of carbonyl (C=O) groups excluding carboxylic acids is 1. The van der Waals surface area contributed by atoms with Crippen LogP contribution < -0.4 is 14.8 Å². The Morgan fingerprint density at radius 3 is 2.63 bits per heavy atom. The van der Waals surface area contributed by atoms with Crippen molar-refractivity contribution in [1.29, 1.82) is 0 Å². The predicted molar refractivity (Wildman–Crippen MR) is 104 cm³/mol. The molecule has 3 rings (SSSR count). The number of rotatable bonds is 3. The zero-order valence-corrected chi connectivity index (χ0v) is 17.2. The number of alkyl halides is 3. The number of amides is 1. The molecule has 30 heavy (non-hydrogen) atoms.